The van der Waals surface area contributed by atoms with Gasteiger partial charge in [-0.3, -0.25) is 0 Å². The molecule has 0 aliphatic heterocycles. The van der Waals surface area contributed by atoms with E-state index in [0.29, 0.717) is 17.8 Å². The van der Waals surface area contributed by atoms with Gasteiger partial charge in [-0.1, -0.05) is 128 Å². The molecule has 0 bridgehead atoms. The monoisotopic (exact) mass is 548 g/mol. The average molecular weight is 549 g/mol. The van der Waals surface area contributed by atoms with E-state index in [4.69, 9.17) is 0 Å². The van der Waals surface area contributed by atoms with E-state index in [1.807, 2.05) is 0 Å². The van der Waals surface area contributed by atoms with Crippen LogP contribution in [0.3, 0.4) is 0 Å². The van der Waals surface area contributed by atoms with Crippen LogP contribution in [0.1, 0.15) is 113 Å². The van der Waals surface area contributed by atoms with Crippen LogP contribution >= 0.6 is 0 Å². The Balaban J connectivity index is 2.30. The van der Waals surface area contributed by atoms with Crippen LogP contribution in [0.5, 0.6) is 0 Å². The maximum Gasteiger partial charge on any atom is 0.176 e. The molecule has 0 fully saturated rings. The van der Waals surface area contributed by atoms with E-state index in [0.717, 1.165) is 12.8 Å². The summed E-state index contributed by atoms with van der Waals surface area (Å²) in [5.41, 5.74) is 13.0. The van der Waals surface area contributed by atoms with Gasteiger partial charge in [-0.15, -0.1) is 0 Å². The van der Waals surface area contributed by atoms with E-state index in [1.54, 1.807) is 16.0 Å². The molecule has 0 saturated carbocycles. The molecule has 0 N–H and O–H groups in total. The van der Waals surface area contributed by atoms with Crippen molar-refractivity contribution in [2.45, 2.75) is 108 Å². The third-order valence-electron chi connectivity index (χ3n) is 10.1. The van der Waals surface area contributed by atoms with Crippen LogP contribution in [0.4, 0.5) is 0 Å². The van der Waals surface area contributed by atoms with Crippen molar-refractivity contribution >= 4 is 23.6 Å². The lowest BCUT2D eigenvalue weighted by atomic mass is 9.92. The maximum atomic E-state index is 2.64. The number of hydrogen-bond acceptors (Lipinski definition) is 0. The van der Waals surface area contributed by atoms with Crippen LogP contribution in [-0.2, 0) is 0 Å². The normalized spacial score (nSPS) is 17.6. The van der Waals surface area contributed by atoms with Crippen molar-refractivity contribution in [3.63, 3.8) is 0 Å². The highest BCUT2D eigenvalue weighted by molar-refractivity contribution is 7.16. The summed E-state index contributed by atoms with van der Waals surface area (Å²) in [6.45, 7) is 28.2. The first-order chi connectivity index (χ1) is 18.8. The number of aryl methyl sites for hydroxylation is 4. The van der Waals surface area contributed by atoms with Gasteiger partial charge >= 0.3 is 0 Å². The Labute approximate surface area is 246 Å². The van der Waals surface area contributed by atoms with Crippen molar-refractivity contribution < 1.29 is 0 Å². The van der Waals surface area contributed by atoms with Gasteiger partial charge in [0.2, 0.25) is 0 Å². The number of rotatable bonds is 8. The van der Waals surface area contributed by atoms with E-state index in [-0.39, 0.29) is 0 Å². The smallest absolute Gasteiger partial charge is 0.0648 e. The Morgan fingerprint density at radius 1 is 0.550 bits per heavy atom. The molecule has 0 heterocycles. The lowest BCUT2D eigenvalue weighted by Crippen LogP contribution is -2.70. The molecule has 3 atom stereocenters. The zero-order valence-corrected chi connectivity index (χ0v) is 28.3. The molecule has 0 radical (unpaired) electrons. The number of hydrogen-bond donors (Lipinski definition) is 0. The fraction of sp³-hybridized carbons (Fsp3) is 0.436. The van der Waals surface area contributed by atoms with Gasteiger partial charge in [0.05, 0.1) is 0 Å². The van der Waals surface area contributed by atoms with Crippen molar-refractivity contribution in [1.29, 1.82) is 0 Å². The van der Waals surface area contributed by atoms with Gasteiger partial charge < -0.3 is 0 Å². The Morgan fingerprint density at radius 2 is 0.925 bits per heavy atom. The second-order valence-electron chi connectivity index (χ2n) is 13.1. The summed E-state index contributed by atoms with van der Waals surface area (Å²) in [6.07, 6.45) is 2.31. The Hall–Kier alpha value is -2.64. The molecule has 212 valence electrons. The third-order valence-corrected chi connectivity index (χ3v) is 15.2. The maximum absolute atomic E-state index is 2.67. The SMILES string of the molecule is CCC(C)c1cc(C(C)CC)cc([Si](C2=C(C)C(C)=C(C)C2C)(c2cc(C)cc(C)c2)c2cc(C)cc(C)c2)c1. The Morgan fingerprint density at radius 3 is 1.25 bits per heavy atom. The molecule has 0 spiro atoms. The van der Waals surface area contributed by atoms with Gasteiger partial charge in [0.25, 0.3) is 0 Å². The molecule has 1 aliphatic rings. The predicted molar refractivity (Wildman–Crippen MR) is 181 cm³/mol. The average Bonchev–Trinajstić information content (AvgIpc) is 3.10. The van der Waals surface area contributed by atoms with Gasteiger partial charge in [0, 0.05) is 0 Å². The van der Waals surface area contributed by atoms with Gasteiger partial charge in [-0.2, -0.15) is 0 Å². The summed E-state index contributed by atoms with van der Waals surface area (Å²) in [7, 11) is -2.67. The van der Waals surface area contributed by atoms with Crippen LogP contribution in [0.25, 0.3) is 0 Å². The van der Waals surface area contributed by atoms with E-state index >= 15 is 0 Å². The summed E-state index contributed by atoms with van der Waals surface area (Å²) < 4.78 is 0. The zero-order chi connectivity index (χ0) is 29.5. The summed E-state index contributed by atoms with van der Waals surface area (Å²) >= 11 is 0. The Kier molecular flexibility index (Phi) is 8.86. The lowest BCUT2D eigenvalue weighted by molar-refractivity contribution is 0.712. The topological polar surface area (TPSA) is 0 Å². The van der Waals surface area contributed by atoms with Crippen LogP contribution in [-0.4, -0.2) is 8.07 Å². The van der Waals surface area contributed by atoms with Crippen molar-refractivity contribution in [3.8, 4) is 0 Å². The lowest BCUT2D eigenvalue weighted by Gasteiger charge is -2.40. The molecule has 40 heavy (non-hydrogen) atoms. The molecular weight excluding hydrogens is 497 g/mol. The van der Waals surface area contributed by atoms with Gasteiger partial charge in [0.1, 0.15) is 0 Å². The van der Waals surface area contributed by atoms with Gasteiger partial charge in [-0.25, -0.2) is 0 Å². The van der Waals surface area contributed by atoms with Crippen molar-refractivity contribution in [2.24, 2.45) is 5.92 Å². The summed E-state index contributed by atoms with van der Waals surface area (Å²) in [5.74, 6) is 1.49. The molecular formula is C39H52Si. The Bertz CT molecular complexity index is 1360. The van der Waals surface area contributed by atoms with Crippen LogP contribution in [0.2, 0.25) is 0 Å². The molecule has 1 heteroatoms. The van der Waals surface area contributed by atoms with E-state index in [1.165, 1.54) is 54.9 Å². The minimum absolute atomic E-state index is 0.424. The number of benzene rings is 3. The fourth-order valence-electron chi connectivity index (χ4n) is 7.25. The molecule has 3 unspecified atom stereocenters. The van der Waals surface area contributed by atoms with E-state index < -0.39 is 8.07 Å². The molecule has 1 aliphatic carbocycles. The van der Waals surface area contributed by atoms with Crippen molar-refractivity contribution in [3.05, 3.63) is 110 Å². The van der Waals surface area contributed by atoms with Gasteiger partial charge in [0.15, 0.2) is 8.07 Å². The molecule has 3 aromatic carbocycles. The van der Waals surface area contributed by atoms with Crippen molar-refractivity contribution in [1.82, 2.24) is 0 Å². The second kappa shape index (κ2) is 11.7. The van der Waals surface area contributed by atoms with Gasteiger partial charge in [-0.05, 0) is 111 Å². The molecule has 0 aromatic heterocycles. The molecule has 0 nitrogen and oxygen atoms in total. The third kappa shape index (κ3) is 5.23. The standard InChI is InChI=1S/C39H52Si/c1-13-28(7)34-21-35(29(8)14-2)23-38(22-34)40(36-17-24(3)15-25(4)18-36,37-19-26(5)16-27(6)20-37)39-32(11)30(9)31(10)33(39)12/h15-23,28-29,32H,13-14H2,1-12H3. The summed E-state index contributed by atoms with van der Waals surface area (Å²) in [4.78, 5) is 0. The molecule has 0 amide bonds. The predicted octanol–water partition coefficient (Wildman–Crippen LogP) is 9.26. The van der Waals surface area contributed by atoms with Crippen LogP contribution in [0.15, 0.2) is 76.5 Å². The molecule has 0 saturated heterocycles. The highest BCUT2D eigenvalue weighted by atomic mass is 28.3. The van der Waals surface area contributed by atoms with Crippen molar-refractivity contribution in [2.75, 3.05) is 0 Å². The van der Waals surface area contributed by atoms with Crippen LogP contribution in [0, 0.1) is 33.6 Å². The quantitative estimate of drug-likeness (QED) is 0.194. The fourth-order valence-corrected chi connectivity index (χ4v) is 13.3. The minimum atomic E-state index is -2.67. The zero-order valence-electron chi connectivity index (χ0n) is 27.3. The van der Waals surface area contributed by atoms with Crippen LogP contribution < -0.4 is 15.6 Å². The summed E-state index contributed by atoms with van der Waals surface area (Å²) in [5, 5.41) is 6.33. The second-order valence-corrected chi connectivity index (χ2v) is 16.8. The highest BCUT2D eigenvalue weighted by Crippen LogP contribution is 2.42. The number of allylic oxidation sites excluding steroid dienone is 4. The largest absolute Gasteiger partial charge is 0.176 e. The minimum Gasteiger partial charge on any atom is -0.0648 e. The first-order valence-corrected chi connectivity index (χ1v) is 17.6. The summed E-state index contributed by atoms with van der Waals surface area (Å²) in [6, 6.07) is 22.6. The van der Waals surface area contributed by atoms with E-state index in [2.05, 4.69) is 138 Å². The molecule has 3 aromatic rings. The first-order valence-electron chi connectivity index (χ1n) is 15.6. The highest BCUT2D eigenvalue weighted by Gasteiger charge is 2.48. The van der Waals surface area contributed by atoms with E-state index in [9.17, 15) is 0 Å². The first kappa shape index (κ1) is 30.3. The molecule has 4 rings (SSSR count).